The van der Waals surface area contributed by atoms with Gasteiger partial charge in [-0.15, -0.1) is 11.3 Å². The molecule has 3 rings (SSSR count). The van der Waals surface area contributed by atoms with Crippen molar-refractivity contribution in [3.8, 4) is 16.3 Å². The maximum atomic E-state index is 12.2. The van der Waals surface area contributed by atoms with Crippen molar-refractivity contribution in [1.29, 1.82) is 0 Å². The molecule has 2 aromatic carbocycles. The third-order valence-electron chi connectivity index (χ3n) is 3.66. The minimum absolute atomic E-state index is 0.146. The zero-order chi connectivity index (χ0) is 18.5. The molecule has 0 aliphatic rings. The second kappa shape index (κ2) is 7.79. The summed E-state index contributed by atoms with van der Waals surface area (Å²) >= 11 is 1.48. The molecule has 0 fully saturated rings. The number of hydrogen-bond acceptors (Lipinski definition) is 5. The predicted octanol–water partition coefficient (Wildman–Crippen LogP) is 3.10. The zero-order valence-electron chi connectivity index (χ0n) is 14.1. The van der Waals surface area contributed by atoms with Gasteiger partial charge in [-0.25, -0.2) is 4.98 Å². The number of thiazole rings is 1. The molecule has 2 amide bonds. The van der Waals surface area contributed by atoms with Gasteiger partial charge in [0.1, 0.15) is 10.8 Å². The topological polar surface area (TPSA) is 94.3 Å². The van der Waals surface area contributed by atoms with E-state index in [1.165, 1.54) is 11.3 Å². The first-order valence-corrected chi connectivity index (χ1v) is 8.71. The van der Waals surface area contributed by atoms with Crippen LogP contribution in [-0.4, -0.2) is 23.9 Å². The Morgan fingerprint density at radius 1 is 1.19 bits per heavy atom. The van der Waals surface area contributed by atoms with E-state index in [-0.39, 0.29) is 12.3 Å². The third kappa shape index (κ3) is 4.25. The molecule has 132 valence electrons. The van der Waals surface area contributed by atoms with Gasteiger partial charge in [-0.3, -0.25) is 9.59 Å². The van der Waals surface area contributed by atoms with E-state index < -0.39 is 5.91 Å². The second-order valence-electron chi connectivity index (χ2n) is 5.54. The van der Waals surface area contributed by atoms with Crippen LogP contribution in [0.4, 0.5) is 5.69 Å². The summed E-state index contributed by atoms with van der Waals surface area (Å²) in [5.74, 6) is 0.0334. The minimum atomic E-state index is -0.537. The third-order valence-corrected chi connectivity index (χ3v) is 4.60. The number of nitrogens with one attached hydrogen (secondary N) is 1. The lowest BCUT2D eigenvalue weighted by Crippen LogP contribution is -2.16. The molecule has 0 saturated carbocycles. The highest BCUT2D eigenvalue weighted by atomic mass is 32.1. The van der Waals surface area contributed by atoms with Crippen molar-refractivity contribution in [2.45, 2.75) is 6.42 Å². The van der Waals surface area contributed by atoms with Crippen molar-refractivity contribution >= 4 is 28.8 Å². The number of carbonyl (C=O) groups excluding carboxylic acids is 2. The summed E-state index contributed by atoms with van der Waals surface area (Å²) in [6.45, 7) is 0. The van der Waals surface area contributed by atoms with Crippen molar-refractivity contribution in [1.82, 2.24) is 4.98 Å². The summed E-state index contributed by atoms with van der Waals surface area (Å²) < 4.78 is 5.14. The second-order valence-corrected chi connectivity index (χ2v) is 6.40. The standard InChI is InChI=1S/C19H17N3O3S/c1-25-16-7-5-12(6-8-16)19-22-15(11-26-19)10-17(23)21-14-4-2-3-13(9-14)18(20)24/h2-9,11H,10H2,1H3,(H2,20,24)(H,21,23). The number of nitrogens with zero attached hydrogens (tertiary/aromatic N) is 1. The van der Waals surface area contributed by atoms with Gasteiger partial charge in [0.15, 0.2) is 0 Å². The largest absolute Gasteiger partial charge is 0.497 e. The van der Waals surface area contributed by atoms with Gasteiger partial charge in [0, 0.05) is 22.2 Å². The van der Waals surface area contributed by atoms with E-state index in [9.17, 15) is 9.59 Å². The van der Waals surface area contributed by atoms with Crippen molar-refractivity contribution in [2.75, 3.05) is 12.4 Å². The molecule has 0 saturated heterocycles. The Bertz CT molecular complexity index is 935. The predicted molar refractivity (Wildman–Crippen MR) is 101 cm³/mol. The molecule has 0 unspecified atom stereocenters. The SMILES string of the molecule is COc1ccc(-c2nc(CC(=O)Nc3cccc(C(N)=O)c3)cs2)cc1. The van der Waals surface area contributed by atoms with E-state index in [1.54, 1.807) is 31.4 Å². The number of aromatic nitrogens is 1. The van der Waals surface area contributed by atoms with Crippen LogP contribution in [0.5, 0.6) is 5.75 Å². The molecule has 3 aromatic rings. The van der Waals surface area contributed by atoms with Crippen LogP contribution in [0.3, 0.4) is 0 Å². The van der Waals surface area contributed by atoms with E-state index in [1.807, 2.05) is 29.6 Å². The molecule has 26 heavy (non-hydrogen) atoms. The van der Waals surface area contributed by atoms with E-state index in [0.29, 0.717) is 16.9 Å². The van der Waals surface area contributed by atoms with Crippen LogP contribution in [-0.2, 0) is 11.2 Å². The van der Waals surface area contributed by atoms with Crippen LogP contribution in [0, 0.1) is 0 Å². The number of primary amides is 1. The van der Waals surface area contributed by atoms with Gasteiger partial charge >= 0.3 is 0 Å². The highest BCUT2D eigenvalue weighted by molar-refractivity contribution is 7.13. The zero-order valence-corrected chi connectivity index (χ0v) is 14.9. The fourth-order valence-electron chi connectivity index (χ4n) is 2.37. The molecule has 7 heteroatoms. The molecule has 1 heterocycles. The molecule has 0 bridgehead atoms. The molecule has 6 nitrogen and oxygen atoms in total. The number of rotatable bonds is 6. The minimum Gasteiger partial charge on any atom is -0.497 e. The number of anilines is 1. The first-order valence-electron chi connectivity index (χ1n) is 7.83. The molecule has 0 aliphatic carbocycles. The van der Waals surface area contributed by atoms with Gasteiger partial charge in [0.2, 0.25) is 11.8 Å². The van der Waals surface area contributed by atoms with Crippen LogP contribution in [0.15, 0.2) is 53.9 Å². The number of ether oxygens (including phenoxy) is 1. The van der Waals surface area contributed by atoms with Crippen molar-refractivity contribution in [3.05, 3.63) is 65.2 Å². The van der Waals surface area contributed by atoms with Gasteiger partial charge < -0.3 is 15.8 Å². The molecule has 0 aliphatic heterocycles. The fourth-order valence-corrected chi connectivity index (χ4v) is 3.20. The summed E-state index contributed by atoms with van der Waals surface area (Å²) in [6, 6.07) is 14.1. The Labute approximate surface area is 154 Å². The average Bonchev–Trinajstić information content (AvgIpc) is 3.10. The molecule has 1 aromatic heterocycles. The Hall–Kier alpha value is -3.19. The van der Waals surface area contributed by atoms with Gasteiger partial charge in [0.25, 0.3) is 0 Å². The summed E-state index contributed by atoms with van der Waals surface area (Å²) in [7, 11) is 1.62. The maximum absolute atomic E-state index is 12.2. The van der Waals surface area contributed by atoms with Crippen molar-refractivity contribution in [2.24, 2.45) is 5.73 Å². The Morgan fingerprint density at radius 3 is 2.65 bits per heavy atom. The Morgan fingerprint density at radius 2 is 1.96 bits per heavy atom. The summed E-state index contributed by atoms with van der Waals surface area (Å²) in [6.07, 6.45) is 0.146. The van der Waals surface area contributed by atoms with E-state index in [4.69, 9.17) is 10.5 Å². The molecule has 0 atom stereocenters. The van der Waals surface area contributed by atoms with Crippen molar-refractivity contribution in [3.63, 3.8) is 0 Å². The number of hydrogen-bond donors (Lipinski definition) is 2. The lowest BCUT2D eigenvalue weighted by Gasteiger charge is -2.05. The molecule has 0 radical (unpaired) electrons. The Balaban J connectivity index is 1.65. The van der Waals surface area contributed by atoms with Crippen LogP contribution in [0.1, 0.15) is 16.1 Å². The summed E-state index contributed by atoms with van der Waals surface area (Å²) in [5, 5.41) is 5.45. The maximum Gasteiger partial charge on any atom is 0.248 e. The van der Waals surface area contributed by atoms with E-state index in [2.05, 4.69) is 10.3 Å². The number of methoxy groups -OCH3 is 1. The molecular weight excluding hydrogens is 350 g/mol. The van der Waals surface area contributed by atoms with Crippen molar-refractivity contribution < 1.29 is 14.3 Å². The highest BCUT2D eigenvalue weighted by Crippen LogP contribution is 2.26. The van der Waals surface area contributed by atoms with Gasteiger partial charge in [-0.05, 0) is 42.5 Å². The molecular formula is C19H17N3O3S. The van der Waals surface area contributed by atoms with Gasteiger partial charge in [-0.1, -0.05) is 6.07 Å². The van der Waals surface area contributed by atoms with Crippen LogP contribution < -0.4 is 15.8 Å². The first-order chi connectivity index (χ1) is 12.5. The molecule has 0 spiro atoms. The van der Waals surface area contributed by atoms with Gasteiger partial charge in [-0.2, -0.15) is 0 Å². The quantitative estimate of drug-likeness (QED) is 0.700. The normalized spacial score (nSPS) is 10.3. The van der Waals surface area contributed by atoms with Crippen LogP contribution in [0.2, 0.25) is 0 Å². The van der Waals surface area contributed by atoms with Crippen LogP contribution >= 0.6 is 11.3 Å². The first kappa shape index (κ1) is 17.6. The Kier molecular flexibility index (Phi) is 5.28. The summed E-state index contributed by atoms with van der Waals surface area (Å²) in [5.41, 5.74) is 7.77. The number of amides is 2. The lowest BCUT2D eigenvalue weighted by molar-refractivity contribution is -0.115. The van der Waals surface area contributed by atoms with Gasteiger partial charge in [0.05, 0.1) is 19.2 Å². The smallest absolute Gasteiger partial charge is 0.248 e. The summed E-state index contributed by atoms with van der Waals surface area (Å²) in [4.78, 5) is 27.9. The lowest BCUT2D eigenvalue weighted by atomic mass is 10.2. The van der Waals surface area contributed by atoms with Crippen LogP contribution in [0.25, 0.3) is 10.6 Å². The fraction of sp³-hybridized carbons (Fsp3) is 0.105. The highest BCUT2D eigenvalue weighted by Gasteiger charge is 2.10. The number of nitrogens with two attached hydrogens (primary N) is 1. The van der Waals surface area contributed by atoms with E-state index >= 15 is 0 Å². The number of carbonyl (C=O) groups is 2. The average molecular weight is 367 g/mol. The molecule has 3 N–H and O–H groups in total. The monoisotopic (exact) mass is 367 g/mol. The number of benzene rings is 2. The van der Waals surface area contributed by atoms with E-state index in [0.717, 1.165) is 16.3 Å².